The number of benzene rings is 2. The van der Waals surface area contributed by atoms with Crippen LogP contribution in [0.3, 0.4) is 0 Å². The summed E-state index contributed by atoms with van der Waals surface area (Å²) in [5.41, 5.74) is 3.86. The van der Waals surface area contributed by atoms with Gasteiger partial charge in [0.15, 0.2) is 5.11 Å². The summed E-state index contributed by atoms with van der Waals surface area (Å²) in [6.45, 7) is 3.67. The third-order valence-electron chi connectivity index (χ3n) is 4.57. The molecule has 0 spiro atoms. The highest BCUT2D eigenvalue weighted by Crippen LogP contribution is 2.12. The molecule has 0 amide bonds. The van der Waals surface area contributed by atoms with Gasteiger partial charge in [0.25, 0.3) is 0 Å². The molecule has 0 aliphatic carbocycles. The van der Waals surface area contributed by atoms with E-state index in [2.05, 4.69) is 55.9 Å². The highest BCUT2D eigenvalue weighted by atomic mass is 32.1. The Morgan fingerprint density at radius 1 is 1.00 bits per heavy atom. The lowest BCUT2D eigenvalue weighted by Crippen LogP contribution is -3.07. The van der Waals surface area contributed by atoms with Gasteiger partial charge in [-0.15, -0.1) is 0 Å². The number of methoxy groups -OCH3 is 1. The molecule has 2 rings (SSSR count). The summed E-state index contributed by atoms with van der Waals surface area (Å²) < 4.78 is 5.18. The Bertz CT molecular complexity index is 683. The number of nitrogens with one attached hydrogen (secondary N) is 3. The first-order valence-electron chi connectivity index (χ1n) is 9.07. The van der Waals surface area contributed by atoms with Gasteiger partial charge in [-0.1, -0.05) is 43.3 Å². The SMILES string of the molecule is CCc1ccc([C@H](CNC(=S)NCc2ccc(OC)cc2)[NH+](C)C)cc1. The van der Waals surface area contributed by atoms with E-state index < -0.39 is 0 Å². The smallest absolute Gasteiger partial charge is 0.166 e. The number of rotatable bonds is 8. The zero-order valence-corrected chi connectivity index (χ0v) is 17.0. The van der Waals surface area contributed by atoms with Gasteiger partial charge in [-0.3, -0.25) is 0 Å². The minimum absolute atomic E-state index is 0.349. The molecular weight excluding hydrogens is 342 g/mol. The molecule has 0 aliphatic rings. The molecule has 0 unspecified atom stereocenters. The fourth-order valence-electron chi connectivity index (χ4n) is 2.82. The number of hydrogen-bond acceptors (Lipinski definition) is 2. The van der Waals surface area contributed by atoms with Crippen LogP contribution in [0, 0.1) is 0 Å². The molecule has 4 nitrogen and oxygen atoms in total. The number of thiocarbonyl (C=S) groups is 1. The Balaban J connectivity index is 1.86. The van der Waals surface area contributed by atoms with E-state index >= 15 is 0 Å². The lowest BCUT2D eigenvalue weighted by Gasteiger charge is -2.23. The fourth-order valence-corrected chi connectivity index (χ4v) is 2.98. The standard InChI is InChI=1S/C21H29N3OS/c1-5-16-6-10-18(11-7-16)20(24(2)3)15-23-21(26)22-14-17-8-12-19(25-4)13-9-17/h6-13,20H,5,14-15H2,1-4H3,(H2,22,23,26)/p+1/t20-/m0/s1. The van der Waals surface area contributed by atoms with Crippen LogP contribution in [0.5, 0.6) is 5.75 Å². The summed E-state index contributed by atoms with van der Waals surface area (Å²) in [6, 6.07) is 17.2. The highest BCUT2D eigenvalue weighted by molar-refractivity contribution is 7.80. The van der Waals surface area contributed by atoms with Crippen molar-refractivity contribution in [2.75, 3.05) is 27.7 Å². The van der Waals surface area contributed by atoms with E-state index in [-0.39, 0.29) is 0 Å². The third kappa shape index (κ3) is 6.00. The van der Waals surface area contributed by atoms with Crippen LogP contribution >= 0.6 is 12.2 Å². The largest absolute Gasteiger partial charge is 0.497 e. The number of quaternary nitrogens is 1. The molecule has 0 heterocycles. The van der Waals surface area contributed by atoms with Crippen molar-refractivity contribution in [1.29, 1.82) is 0 Å². The molecule has 0 bridgehead atoms. The molecule has 5 heteroatoms. The number of aryl methyl sites for hydroxylation is 1. The second kappa shape index (κ2) is 10.1. The van der Waals surface area contributed by atoms with Crippen molar-refractivity contribution < 1.29 is 9.64 Å². The fraction of sp³-hybridized carbons (Fsp3) is 0.381. The van der Waals surface area contributed by atoms with Crippen LogP contribution in [0.1, 0.15) is 29.7 Å². The molecule has 0 aromatic heterocycles. The van der Waals surface area contributed by atoms with Crippen molar-refractivity contribution in [2.24, 2.45) is 0 Å². The molecule has 2 aromatic carbocycles. The Labute approximate surface area is 162 Å². The van der Waals surface area contributed by atoms with Crippen LogP contribution in [0.2, 0.25) is 0 Å². The van der Waals surface area contributed by atoms with Gasteiger partial charge in [0.05, 0.1) is 27.7 Å². The van der Waals surface area contributed by atoms with E-state index in [4.69, 9.17) is 17.0 Å². The molecule has 140 valence electrons. The first kappa shape index (κ1) is 20.2. The van der Waals surface area contributed by atoms with Gasteiger partial charge >= 0.3 is 0 Å². The first-order chi connectivity index (χ1) is 12.5. The highest BCUT2D eigenvalue weighted by Gasteiger charge is 2.17. The summed E-state index contributed by atoms with van der Waals surface area (Å²) in [6.07, 6.45) is 1.07. The van der Waals surface area contributed by atoms with E-state index in [9.17, 15) is 0 Å². The van der Waals surface area contributed by atoms with E-state index in [0.717, 1.165) is 18.7 Å². The number of ether oxygens (including phenoxy) is 1. The average Bonchev–Trinajstić information content (AvgIpc) is 2.67. The van der Waals surface area contributed by atoms with E-state index in [1.807, 2.05) is 24.3 Å². The summed E-state index contributed by atoms with van der Waals surface area (Å²) in [5, 5.41) is 7.31. The minimum Gasteiger partial charge on any atom is -0.497 e. The Kier molecular flexibility index (Phi) is 7.88. The van der Waals surface area contributed by atoms with E-state index in [1.165, 1.54) is 21.6 Å². The number of likely N-dealkylation sites (N-methyl/N-ethyl adjacent to an activating group) is 1. The summed E-state index contributed by atoms with van der Waals surface area (Å²) >= 11 is 5.44. The van der Waals surface area contributed by atoms with E-state index in [0.29, 0.717) is 17.7 Å². The molecular formula is C21H30N3OS+. The molecule has 0 fully saturated rings. The van der Waals surface area contributed by atoms with Crippen LogP contribution < -0.4 is 20.3 Å². The van der Waals surface area contributed by atoms with Crippen molar-refractivity contribution in [3.63, 3.8) is 0 Å². The maximum Gasteiger partial charge on any atom is 0.166 e. The minimum atomic E-state index is 0.349. The molecule has 0 saturated heterocycles. The summed E-state index contributed by atoms with van der Waals surface area (Å²) in [4.78, 5) is 1.37. The van der Waals surface area contributed by atoms with Crippen molar-refractivity contribution in [3.05, 3.63) is 65.2 Å². The lowest BCUT2D eigenvalue weighted by molar-refractivity contribution is -0.890. The normalized spacial score (nSPS) is 11.9. The predicted molar refractivity (Wildman–Crippen MR) is 112 cm³/mol. The van der Waals surface area contributed by atoms with Crippen LogP contribution in [-0.4, -0.2) is 32.9 Å². The zero-order valence-electron chi connectivity index (χ0n) is 16.1. The van der Waals surface area contributed by atoms with Gasteiger partial charge in [0.2, 0.25) is 0 Å². The van der Waals surface area contributed by atoms with Gasteiger partial charge in [-0.25, -0.2) is 0 Å². The van der Waals surface area contributed by atoms with Crippen LogP contribution in [0.4, 0.5) is 0 Å². The van der Waals surface area contributed by atoms with Crippen LogP contribution in [0.25, 0.3) is 0 Å². The third-order valence-corrected chi connectivity index (χ3v) is 4.85. The monoisotopic (exact) mass is 372 g/mol. The maximum absolute atomic E-state index is 5.44. The number of hydrogen-bond donors (Lipinski definition) is 3. The van der Waals surface area contributed by atoms with Crippen molar-refractivity contribution in [3.8, 4) is 5.75 Å². The van der Waals surface area contributed by atoms with Crippen molar-refractivity contribution >= 4 is 17.3 Å². The molecule has 3 N–H and O–H groups in total. The van der Waals surface area contributed by atoms with Gasteiger partial charge < -0.3 is 20.3 Å². The Morgan fingerprint density at radius 2 is 1.62 bits per heavy atom. The predicted octanol–water partition coefficient (Wildman–Crippen LogP) is 2.11. The lowest BCUT2D eigenvalue weighted by atomic mass is 10.0. The molecule has 0 aliphatic heterocycles. The Morgan fingerprint density at radius 3 is 2.15 bits per heavy atom. The van der Waals surface area contributed by atoms with Gasteiger partial charge in [-0.05, 0) is 41.9 Å². The molecule has 26 heavy (non-hydrogen) atoms. The molecule has 1 atom stereocenters. The van der Waals surface area contributed by atoms with Gasteiger partial charge in [-0.2, -0.15) is 0 Å². The zero-order chi connectivity index (χ0) is 18.9. The van der Waals surface area contributed by atoms with Gasteiger partial charge in [0, 0.05) is 12.1 Å². The van der Waals surface area contributed by atoms with Crippen molar-refractivity contribution in [2.45, 2.75) is 25.9 Å². The second-order valence-corrected chi connectivity index (χ2v) is 7.04. The summed E-state index contributed by atoms with van der Waals surface area (Å²) in [7, 11) is 6.02. The maximum atomic E-state index is 5.44. The van der Waals surface area contributed by atoms with E-state index in [1.54, 1.807) is 7.11 Å². The Hall–Kier alpha value is -2.11. The second-order valence-electron chi connectivity index (χ2n) is 6.64. The first-order valence-corrected chi connectivity index (χ1v) is 9.47. The quantitative estimate of drug-likeness (QED) is 0.621. The average molecular weight is 373 g/mol. The molecule has 2 aromatic rings. The molecule has 0 radical (unpaired) electrons. The summed E-state index contributed by atoms with van der Waals surface area (Å²) in [5.74, 6) is 0.861. The topological polar surface area (TPSA) is 37.7 Å². The van der Waals surface area contributed by atoms with Crippen LogP contribution in [0.15, 0.2) is 48.5 Å². The molecule has 0 saturated carbocycles. The van der Waals surface area contributed by atoms with Crippen LogP contribution in [-0.2, 0) is 13.0 Å². The van der Waals surface area contributed by atoms with Crippen molar-refractivity contribution in [1.82, 2.24) is 10.6 Å². The van der Waals surface area contributed by atoms with Gasteiger partial charge in [0.1, 0.15) is 11.8 Å².